The molecule has 0 aromatic carbocycles. The van der Waals surface area contributed by atoms with E-state index in [9.17, 15) is 8.78 Å². The first-order valence-electron chi connectivity index (χ1n) is 3.80. The standard InChI is InChI=1S/C7H12F2O2/c8-6(9)5-11-7-3-1-2-4-10-7/h6-7H,1-5H2. The van der Waals surface area contributed by atoms with Crippen molar-refractivity contribution in [3.63, 3.8) is 0 Å². The summed E-state index contributed by atoms with van der Waals surface area (Å²) in [5.74, 6) is 0. The molecule has 0 bridgehead atoms. The summed E-state index contributed by atoms with van der Waals surface area (Å²) in [4.78, 5) is 0. The van der Waals surface area contributed by atoms with E-state index in [1.165, 1.54) is 0 Å². The van der Waals surface area contributed by atoms with Crippen molar-refractivity contribution in [1.29, 1.82) is 0 Å². The molecule has 1 rings (SSSR count). The third-order valence-corrected chi connectivity index (χ3v) is 1.55. The molecule has 0 radical (unpaired) electrons. The highest BCUT2D eigenvalue weighted by Crippen LogP contribution is 2.14. The van der Waals surface area contributed by atoms with Gasteiger partial charge in [-0.25, -0.2) is 8.78 Å². The topological polar surface area (TPSA) is 18.5 Å². The summed E-state index contributed by atoms with van der Waals surface area (Å²) in [7, 11) is 0. The number of ether oxygens (including phenoxy) is 2. The van der Waals surface area contributed by atoms with E-state index in [4.69, 9.17) is 9.47 Å². The van der Waals surface area contributed by atoms with Crippen molar-refractivity contribution >= 4 is 0 Å². The number of hydrogen-bond acceptors (Lipinski definition) is 2. The lowest BCUT2D eigenvalue weighted by molar-refractivity contribution is -0.178. The van der Waals surface area contributed by atoms with Gasteiger partial charge in [0.25, 0.3) is 6.43 Å². The second kappa shape index (κ2) is 4.62. The third-order valence-electron chi connectivity index (χ3n) is 1.55. The molecule has 1 aliphatic rings. The predicted octanol–water partition coefficient (Wildman–Crippen LogP) is 1.79. The van der Waals surface area contributed by atoms with Crippen LogP contribution in [0.2, 0.25) is 0 Å². The lowest BCUT2D eigenvalue weighted by Gasteiger charge is -2.22. The van der Waals surface area contributed by atoms with Gasteiger partial charge in [-0.1, -0.05) is 0 Å². The molecule has 11 heavy (non-hydrogen) atoms. The van der Waals surface area contributed by atoms with Crippen LogP contribution in [0.4, 0.5) is 8.78 Å². The van der Waals surface area contributed by atoms with Gasteiger partial charge in [0.05, 0.1) is 0 Å². The molecule has 66 valence electrons. The van der Waals surface area contributed by atoms with Crippen molar-refractivity contribution in [3.8, 4) is 0 Å². The summed E-state index contributed by atoms with van der Waals surface area (Å²) in [6.07, 6.45) is -0.0203. The van der Waals surface area contributed by atoms with Gasteiger partial charge in [0.15, 0.2) is 6.29 Å². The quantitative estimate of drug-likeness (QED) is 0.636. The zero-order valence-electron chi connectivity index (χ0n) is 6.26. The van der Waals surface area contributed by atoms with Crippen LogP contribution in [0.25, 0.3) is 0 Å². The van der Waals surface area contributed by atoms with E-state index >= 15 is 0 Å². The Hall–Kier alpha value is -0.220. The molecule has 1 saturated heterocycles. The van der Waals surface area contributed by atoms with Gasteiger partial charge in [0.2, 0.25) is 0 Å². The molecule has 1 aliphatic heterocycles. The minimum absolute atomic E-state index is 0.391. The SMILES string of the molecule is FC(F)COC1CCCCO1. The molecule has 1 heterocycles. The molecule has 0 N–H and O–H groups in total. The van der Waals surface area contributed by atoms with Crippen LogP contribution in [0.15, 0.2) is 0 Å². The first kappa shape index (κ1) is 8.87. The Morgan fingerprint density at radius 1 is 1.45 bits per heavy atom. The fourth-order valence-corrected chi connectivity index (χ4v) is 1.02. The lowest BCUT2D eigenvalue weighted by Crippen LogP contribution is -2.24. The zero-order valence-corrected chi connectivity index (χ0v) is 6.26. The largest absolute Gasteiger partial charge is 0.353 e. The molecule has 4 heteroatoms. The molecule has 1 fully saturated rings. The third kappa shape index (κ3) is 3.62. The summed E-state index contributed by atoms with van der Waals surface area (Å²) < 4.78 is 33.1. The van der Waals surface area contributed by atoms with Gasteiger partial charge in [-0.3, -0.25) is 0 Å². The second-order valence-electron chi connectivity index (χ2n) is 2.52. The van der Waals surface area contributed by atoms with E-state index < -0.39 is 19.3 Å². The van der Waals surface area contributed by atoms with Crippen molar-refractivity contribution in [2.24, 2.45) is 0 Å². The number of halogens is 2. The van der Waals surface area contributed by atoms with Crippen LogP contribution in [0.1, 0.15) is 19.3 Å². The predicted molar refractivity (Wildman–Crippen MR) is 35.5 cm³/mol. The van der Waals surface area contributed by atoms with E-state index in [1.807, 2.05) is 0 Å². The minimum Gasteiger partial charge on any atom is -0.353 e. The summed E-state index contributed by atoms with van der Waals surface area (Å²) in [5, 5.41) is 0. The molecular weight excluding hydrogens is 154 g/mol. The molecule has 0 spiro atoms. The molecule has 2 nitrogen and oxygen atoms in total. The maximum absolute atomic E-state index is 11.6. The second-order valence-corrected chi connectivity index (χ2v) is 2.52. The Morgan fingerprint density at radius 2 is 2.27 bits per heavy atom. The minimum atomic E-state index is -2.39. The Kier molecular flexibility index (Phi) is 3.72. The van der Waals surface area contributed by atoms with Gasteiger partial charge < -0.3 is 9.47 Å². The van der Waals surface area contributed by atoms with Crippen molar-refractivity contribution < 1.29 is 18.3 Å². The monoisotopic (exact) mass is 166 g/mol. The van der Waals surface area contributed by atoms with E-state index in [0.29, 0.717) is 6.61 Å². The van der Waals surface area contributed by atoms with Crippen molar-refractivity contribution in [2.75, 3.05) is 13.2 Å². The molecule has 0 saturated carbocycles. The Balaban J connectivity index is 2.05. The van der Waals surface area contributed by atoms with Crippen molar-refractivity contribution in [2.45, 2.75) is 32.0 Å². The average Bonchev–Trinajstić information content (AvgIpc) is 2.03. The lowest BCUT2D eigenvalue weighted by atomic mass is 10.2. The zero-order chi connectivity index (χ0) is 8.10. The van der Waals surface area contributed by atoms with Crippen LogP contribution >= 0.6 is 0 Å². The van der Waals surface area contributed by atoms with Crippen LogP contribution in [0.3, 0.4) is 0 Å². The average molecular weight is 166 g/mol. The van der Waals surface area contributed by atoms with Gasteiger partial charge in [-0.15, -0.1) is 0 Å². The Morgan fingerprint density at radius 3 is 2.82 bits per heavy atom. The summed E-state index contributed by atoms with van der Waals surface area (Å²) in [6, 6.07) is 0. The van der Waals surface area contributed by atoms with E-state index in [-0.39, 0.29) is 0 Å². The van der Waals surface area contributed by atoms with Crippen LogP contribution in [0.5, 0.6) is 0 Å². The van der Waals surface area contributed by atoms with Crippen molar-refractivity contribution in [3.05, 3.63) is 0 Å². The van der Waals surface area contributed by atoms with Crippen LogP contribution in [0, 0.1) is 0 Å². The van der Waals surface area contributed by atoms with Crippen LogP contribution in [-0.4, -0.2) is 25.9 Å². The van der Waals surface area contributed by atoms with Crippen LogP contribution < -0.4 is 0 Å². The fraction of sp³-hybridized carbons (Fsp3) is 1.00. The number of hydrogen-bond donors (Lipinski definition) is 0. The first-order chi connectivity index (χ1) is 5.29. The molecule has 1 atom stereocenters. The Bertz CT molecular complexity index is 103. The summed E-state index contributed by atoms with van der Waals surface area (Å²) in [5.41, 5.74) is 0. The number of alkyl halides is 2. The van der Waals surface area contributed by atoms with Crippen molar-refractivity contribution in [1.82, 2.24) is 0 Å². The number of rotatable bonds is 3. The van der Waals surface area contributed by atoms with E-state index in [2.05, 4.69) is 0 Å². The van der Waals surface area contributed by atoms with Gasteiger partial charge in [-0.05, 0) is 19.3 Å². The highest BCUT2D eigenvalue weighted by molar-refractivity contribution is 4.54. The van der Waals surface area contributed by atoms with Gasteiger partial charge >= 0.3 is 0 Å². The molecule has 0 aromatic rings. The molecular formula is C7H12F2O2. The highest BCUT2D eigenvalue weighted by atomic mass is 19.3. The Labute approximate surface area is 64.5 Å². The van der Waals surface area contributed by atoms with Gasteiger partial charge in [0.1, 0.15) is 6.61 Å². The van der Waals surface area contributed by atoms with Gasteiger partial charge in [0, 0.05) is 6.61 Å². The first-order valence-corrected chi connectivity index (χ1v) is 3.80. The maximum Gasteiger partial charge on any atom is 0.261 e. The molecule has 0 aromatic heterocycles. The molecule has 0 amide bonds. The maximum atomic E-state index is 11.6. The van der Waals surface area contributed by atoms with E-state index in [0.717, 1.165) is 19.3 Å². The smallest absolute Gasteiger partial charge is 0.261 e. The molecule has 1 unspecified atom stereocenters. The summed E-state index contributed by atoms with van der Waals surface area (Å²) in [6.45, 7) is 0.124. The normalized spacial score (nSPS) is 25.9. The fourth-order valence-electron chi connectivity index (χ4n) is 1.02. The van der Waals surface area contributed by atoms with Crippen LogP contribution in [-0.2, 0) is 9.47 Å². The summed E-state index contributed by atoms with van der Waals surface area (Å²) >= 11 is 0. The molecule has 0 aliphatic carbocycles. The highest BCUT2D eigenvalue weighted by Gasteiger charge is 2.15. The van der Waals surface area contributed by atoms with E-state index in [1.54, 1.807) is 0 Å². The van der Waals surface area contributed by atoms with Gasteiger partial charge in [-0.2, -0.15) is 0 Å².